The van der Waals surface area contributed by atoms with Gasteiger partial charge < -0.3 is 15.2 Å². The summed E-state index contributed by atoms with van der Waals surface area (Å²) >= 11 is 0. The van der Waals surface area contributed by atoms with Crippen LogP contribution in [0.4, 0.5) is 16.2 Å². The van der Waals surface area contributed by atoms with Crippen LogP contribution in [0.1, 0.15) is 19.4 Å². The number of aryl methyl sites for hydroxylation is 2. The van der Waals surface area contributed by atoms with Gasteiger partial charge >= 0.3 is 6.03 Å². The number of benzene rings is 1. The van der Waals surface area contributed by atoms with Gasteiger partial charge in [0, 0.05) is 30.7 Å². The standard InChI is InChI=1S/C16H19N3O2/c1-3-12-5-7-13(8-6-12)17-16(21)18-14-11-19(4-2)10-9-15(14)20/h5-11H,3-4H2,1-2H3,(H2,17,18,21). The van der Waals surface area contributed by atoms with Crippen LogP contribution < -0.4 is 16.1 Å². The lowest BCUT2D eigenvalue weighted by Gasteiger charge is -2.09. The SMILES string of the molecule is CCc1ccc(NC(=O)Nc2cn(CC)ccc2=O)cc1. The number of urea groups is 1. The summed E-state index contributed by atoms with van der Waals surface area (Å²) in [6, 6.07) is 8.62. The van der Waals surface area contributed by atoms with E-state index in [1.54, 1.807) is 12.4 Å². The van der Waals surface area contributed by atoms with Crippen molar-refractivity contribution in [2.24, 2.45) is 0 Å². The molecule has 0 radical (unpaired) electrons. The van der Waals surface area contributed by atoms with Crippen LogP contribution in [0.2, 0.25) is 0 Å². The van der Waals surface area contributed by atoms with E-state index in [9.17, 15) is 9.59 Å². The predicted molar refractivity (Wildman–Crippen MR) is 84.8 cm³/mol. The van der Waals surface area contributed by atoms with E-state index in [4.69, 9.17) is 0 Å². The van der Waals surface area contributed by atoms with Crippen molar-refractivity contribution in [3.05, 3.63) is 58.5 Å². The predicted octanol–water partition coefficient (Wildman–Crippen LogP) is 3.07. The third-order valence-corrected chi connectivity index (χ3v) is 3.21. The second-order valence-corrected chi connectivity index (χ2v) is 4.68. The van der Waals surface area contributed by atoms with Gasteiger partial charge in [0.2, 0.25) is 5.43 Å². The molecule has 0 aliphatic carbocycles. The van der Waals surface area contributed by atoms with E-state index in [1.165, 1.54) is 11.6 Å². The molecule has 2 amide bonds. The van der Waals surface area contributed by atoms with Gasteiger partial charge in [0.25, 0.3) is 0 Å². The van der Waals surface area contributed by atoms with Crippen LogP contribution in [-0.4, -0.2) is 10.6 Å². The number of carbonyl (C=O) groups is 1. The van der Waals surface area contributed by atoms with Crippen molar-refractivity contribution < 1.29 is 4.79 Å². The Labute approximate surface area is 123 Å². The first kappa shape index (κ1) is 14.8. The average molecular weight is 285 g/mol. The summed E-state index contributed by atoms with van der Waals surface area (Å²) in [6.45, 7) is 4.77. The Morgan fingerprint density at radius 2 is 1.81 bits per heavy atom. The van der Waals surface area contributed by atoms with Crippen molar-refractivity contribution in [2.45, 2.75) is 26.8 Å². The summed E-state index contributed by atoms with van der Waals surface area (Å²) in [5, 5.41) is 5.29. The fraction of sp³-hybridized carbons (Fsp3) is 0.250. The summed E-state index contributed by atoms with van der Waals surface area (Å²) in [5.74, 6) is 0. The van der Waals surface area contributed by atoms with Gasteiger partial charge in [-0.25, -0.2) is 4.79 Å². The van der Waals surface area contributed by atoms with Crippen LogP contribution in [0.15, 0.2) is 47.5 Å². The fourth-order valence-electron chi connectivity index (χ4n) is 1.92. The second-order valence-electron chi connectivity index (χ2n) is 4.68. The van der Waals surface area contributed by atoms with E-state index in [2.05, 4.69) is 17.6 Å². The number of aromatic nitrogens is 1. The molecule has 0 saturated carbocycles. The Morgan fingerprint density at radius 1 is 1.10 bits per heavy atom. The number of nitrogens with zero attached hydrogens (tertiary/aromatic N) is 1. The molecular weight excluding hydrogens is 266 g/mol. The number of hydrogen-bond donors (Lipinski definition) is 2. The van der Waals surface area contributed by atoms with E-state index in [0.29, 0.717) is 5.69 Å². The van der Waals surface area contributed by atoms with Crippen molar-refractivity contribution in [1.29, 1.82) is 0 Å². The van der Waals surface area contributed by atoms with Crippen LogP contribution in [-0.2, 0) is 13.0 Å². The highest BCUT2D eigenvalue weighted by atomic mass is 16.2. The van der Waals surface area contributed by atoms with Crippen molar-refractivity contribution in [3.8, 4) is 0 Å². The third kappa shape index (κ3) is 3.95. The summed E-state index contributed by atoms with van der Waals surface area (Å²) in [5.41, 5.74) is 1.95. The Balaban J connectivity index is 2.05. The lowest BCUT2D eigenvalue weighted by Crippen LogP contribution is -2.24. The smallest absolute Gasteiger partial charge is 0.323 e. The molecule has 1 aromatic carbocycles. The third-order valence-electron chi connectivity index (χ3n) is 3.21. The summed E-state index contributed by atoms with van der Waals surface area (Å²) < 4.78 is 1.83. The molecule has 0 aliphatic heterocycles. The number of anilines is 2. The number of nitrogens with one attached hydrogen (secondary N) is 2. The Bertz CT molecular complexity index is 675. The fourth-order valence-corrected chi connectivity index (χ4v) is 1.92. The maximum Gasteiger partial charge on any atom is 0.323 e. The molecule has 0 saturated heterocycles. The van der Waals surface area contributed by atoms with Gasteiger partial charge in [0.1, 0.15) is 5.69 Å². The van der Waals surface area contributed by atoms with Crippen LogP contribution in [0.3, 0.4) is 0 Å². The van der Waals surface area contributed by atoms with Gasteiger partial charge in [-0.15, -0.1) is 0 Å². The zero-order chi connectivity index (χ0) is 15.2. The highest BCUT2D eigenvalue weighted by molar-refractivity contribution is 5.99. The number of amides is 2. The van der Waals surface area contributed by atoms with Gasteiger partial charge in [0.15, 0.2) is 0 Å². The Morgan fingerprint density at radius 3 is 2.43 bits per heavy atom. The molecule has 5 nitrogen and oxygen atoms in total. The molecule has 0 spiro atoms. The maximum absolute atomic E-state index is 11.9. The number of carbonyl (C=O) groups excluding carboxylic acids is 1. The first-order valence-electron chi connectivity index (χ1n) is 6.99. The number of pyridine rings is 1. The highest BCUT2D eigenvalue weighted by Gasteiger charge is 2.06. The molecule has 110 valence electrons. The first-order valence-corrected chi connectivity index (χ1v) is 6.99. The van der Waals surface area contributed by atoms with Crippen molar-refractivity contribution in [2.75, 3.05) is 10.6 Å². The molecule has 1 aromatic heterocycles. The maximum atomic E-state index is 11.9. The summed E-state index contributed by atoms with van der Waals surface area (Å²) in [6.07, 6.45) is 4.27. The molecule has 2 N–H and O–H groups in total. The summed E-state index contributed by atoms with van der Waals surface area (Å²) in [7, 11) is 0. The molecule has 2 rings (SSSR count). The quantitative estimate of drug-likeness (QED) is 0.906. The van der Waals surface area contributed by atoms with Crippen LogP contribution in [0.25, 0.3) is 0 Å². The lowest BCUT2D eigenvalue weighted by atomic mass is 10.1. The minimum Gasteiger partial charge on any atom is -0.352 e. The summed E-state index contributed by atoms with van der Waals surface area (Å²) in [4.78, 5) is 23.6. The monoisotopic (exact) mass is 285 g/mol. The van der Waals surface area contributed by atoms with Gasteiger partial charge in [-0.1, -0.05) is 19.1 Å². The highest BCUT2D eigenvalue weighted by Crippen LogP contribution is 2.10. The van der Waals surface area contributed by atoms with Gasteiger partial charge in [-0.3, -0.25) is 4.79 Å². The van der Waals surface area contributed by atoms with Gasteiger partial charge in [0.05, 0.1) is 0 Å². The number of hydrogen-bond acceptors (Lipinski definition) is 2. The average Bonchev–Trinajstić information content (AvgIpc) is 2.50. The molecule has 0 aliphatic rings. The number of rotatable bonds is 4. The minimum atomic E-state index is -0.426. The Hall–Kier alpha value is -2.56. The van der Waals surface area contributed by atoms with Crippen LogP contribution in [0.5, 0.6) is 0 Å². The van der Waals surface area contributed by atoms with E-state index in [0.717, 1.165) is 13.0 Å². The molecule has 0 atom stereocenters. The van der Waals surface area contributed by atoms with E-state index in [1.807, 2.05) is 35.8 Å². The molecular formula is C16H19N3O2. The molecule has 0 unspecified atom stereocenters. The first-order chi connectivity index (χ1) is 10.1. The van der Waals surface area contributed by atoms with E-state index < -0.39 is 6.03 Å². The van der Waals surface area contributed by atoms with Crippen molar-refractivity contribution >= 4 is 17.4 Å². The normalized spacial score (nSPS) is 10.2. The minimum absolute atomic E-state index is 0.212. The second kappa shape index (κ2) is 6.74. The molecule has 0 fully saturated rings. The molecule has 1 heterocycles. The lowest BCUT2D eigenvalue weighted by molar-refractivity contribution is 0.262. The zero-order valence-corrected chi connectivity index (χ0v) is 12.2. The molecule has 5 heteroatoms. The van der Waals surface area contributed by atoms with Crippen LogP contribution in [0, 0.1) is 0 Å². The van der Waals surface area contributed by atoms with Crippen molar-refractivity contribution in [1.82, 2.24) is 4.57 Å². The van der Waals surface area contributed by atoms with Crippen molar-refractivity contribution in [3.63, 3.8) is 0 Å². The van der Waals surface area contributed by atoms with Gasteiger partial charge in [-0.2, -0.15) is 0 Å². The van der Waals surface area contributed by atoms with E-state index >= 15 is 0 Å². The molecule has 0 bridgehead atoms. The molecule has 2 aromatic rings. The largest absolute Gasteiger partial charge is 0.352 e. The zero-order valence-electron chi connectivity index (χ0n) is 12.2. The Kier molecular flexibility index (Phi) is 4.77. The van der Waals surface area contributed by atoms with Gasteiger partial charge in [-0.05, 0) is 31.0 Å². The van der Waals surface area contributed by atoms with Crippen LogP contribution >= 0.6 is 0 Å². The topological polar surface area (TPSA) is 63.1 Å². The molecule has 21 heavy (non-hydrogen) atoms. The van der Waals surface area contributed by atoms with E-state index in [-0.39, 0.29) is 11.1 Å².